The summed E-state index contributed by atoms with van der Waals surface area (Å²) in [5.41, 5.74) is 0. The largest absolute Gasteiger partial charge is 0.393 e. The van der Waals surface area contributed by atoms with Crippen molar-refractivity contribution in [1.82, 2.24) is 10.2 Å². The maximum atomic E-state index is 11.8. The van der Waals surface area contributed by atoms with E-state index in [9.17, 15) is 9.90 Å². The molecule has 4 nitrogen and oxygen atoms in total. The lowest BCUT2D eigenvalue weighted by molar-refractivity contribution is -0.121. The molecule has 3 aliphatic rings. The Morgan fingerprint density at radius 2 is 1.90 bits per heavy atom. The standard InChI is InChI=1S/C16H28N2O2/c19-15-6-2-1-4-13(15)14-5-3-10-18(14)11-9-16(20)17-12-7-8-12/h12-15,19H,1-11H2,(H,17,20). The van der Waals surface area contributed by atoms with Gasteiger partial charge in [-0.25, -0.2) is 0 Å². The van der Waals surface area contributed by atoms with Gasteiger partial charge in [0.25, 0.3) is 0 Å². The molecule has 0 aromatic rings. The molecule has 20 heavy (non-hydrogen) atoms. The van der Waals surface area contributed by atoms with E-state index >= 15 is 0 Å². The zero-order valence-corrected chi connectivity index (χ0v) is 12.4. The second-order valence-corrected chi connectivity index (χ2v) is 6.85. The van der Waals surface area contributed by atoms with Crippen LogP contribution >= 0.6 is 0 Å². The first-order chi connectivity index (χ1) is 9.74. The summed E-state index contributed by atoms with van der Waals surface area (Å²) in [5.74, 6) is 0.653. The van der Waals surface area contributed by atoms with Crippen LogP contribution in [0.4, 0.5) is 0 Å². The molecule has 2 aliphatic carbocycles. The van der Waals surface area contributed by atoms with Crippen molar-refractivity contribution in [1.29, 1.82) is 0 Å². The summed E-state index contributed by atoms with van der Waals surface area (Å²) in [7, 11) is 0. The van der Waals surface area contributed by atoms with Crippen molar-refractivity contribution in [3.05, 3.63) is 0 Å². The van der Waals surface area contributed by atoms with Crippen LogP contribution in [0.2, 0.25) is 0 Å². The van der Waals surface area contributed by atoms with E-state index in [1.165, 1.54) is 25.7 Å². The highest BCUT2D eigenvalue weighted by atomic mass is 16.3. The molecule has 1 heterocycles. The summed E-state index contributed by atoms with van der Waals surface area (Å²) in [6, 6.07) is 0.982. The molecule has 0 aromatic heterocycles. The lowest BCUT2D eigenvalue weighted by Gasteiger charge is -2.37. The molecule has 3 rings (SSSR count). The number of carbonyl (C=O) groups is 1. The van der Waals surface area contributed by atoms with Crippen LogP contribution in [0, 0.1) is 5.92 Å². The van der Waals surface area contributed by atoms with Gasteiger partial charge in [-0.1, -0.05) is 12.8 Å². The van der Waals surface area contributed by atoms with Gasteiger partial charge in [0, 0.05) is 31.0 Å². The van der Waals surface area contributed by atoms with Crippen molar-refractivity contribution in [2.75, 3.05) is 13.1 Å². The summed E-state index contributed by atoms with van der Waals surface area (Å²) < 4.78 is 0. The summed E-state index contributed by atoms with van der Waals surface area (Å²) >= 11 is 0. The molecule has 2 N–H and O–H groups in total. The molecular formula is C16H28N2O2. The molecule has 114 valence electrons. The molecule has 0 bridgehead atoms. The average molecular weight is 280 g/mol. The van der Waals surface area contributed by atoms with Gasteiger partial charge < -0.3 is 10.4 Å². The topological polar surface area (TPSA) is 52.6 Å². The second-order valence-electron chi connectivity index (χ2n) is 6.85. The molecule has 1 amide bonds. The number of carbonyl (C=O) groups excluding carboxylic acids is 1. The van der Waals surface area contributed by atoms with Crippen molar-refractivity contribution in [3.63, 3.8) is 0 Å². The lowest BCUT2D eigenvalue weighted by atomic mass is 9.80. The van der Waals surface area contributed by atoms with Crippen LogP contribution in [0.25, 0.3) is 0 Å². The summed E-state index contributed by atoms with van der Waals surface area (Å²) in [5, 5.41) is 13.3. The molecule has 3 atom stereocenters. The van der Waals surface area contributed by atoms with E-state index in [1.807, 2.05) is 0 Å². The van der Waals surface area contributed by atoms with Gasteiger partial charge in [0.15, 0.2) is 0 Å². The number of nitrogens with one attached hydrogen (secondary N) is 1. The van der Waals surface area contributed by atoms with Crippen LogP contribution in [0.1, 0.15) is 57.8 Å². The molecule has 2 saturated carbocycles. The third-order valence-corrected chi connectivity index (χ3v) is 5.26. The molecule has 0 aromatic carbocycles. The summed E-state index contributed by atoms with van der Waals surface area (Å²) in [6.45, 7) is 1.97. The summed E-state index contributed by atoms with van der Waals surface area (Å²) in [4.78, 5) is 14.3. The number of amides is 1. The van der Waals surface area contributed by atoms with Crippen LogP contribution in [0.3, 0.4) is 0 Å². The number of aliphatic hydroxyl groups is 1. The van der Waals surface area contributed by atoms with Crippen molar-refractivity contribution >= 4 is 5.91 Å². The van der Waals surface area contributed by atoms with Crippen molar-refractivity contribution in [3.8, 4) is 0 Å². The minimum atomic E-state index is -0.116. The third-order valence-electron chi connectivity index (χ3n) is 5.26. The Labute approximate surface area is 121 Å². The first-order valence-corrected chi connectivity index (χ1v) is 8.45. The van der Waals surface area contributed by atoms with E-state index in [1.54, 1.807) is 0 Å². The molecule has 1 aliphatic heterocycles. The Hall–Kier alpha value is -0.610. The maximum Gasteiger partial charge on any atom is 0.221 e. The number of likely N-dealkylation sites (tertiary alicyclic amines) is 1. The van der Waals surface area contributed by atoms with Crippen LogP contribution in [-0.2, 0) is 4.79 Å². The van der Waals surface area contributed by atoms with Crippen LogP contribution in [0.5, 0.6) is 0 Å². The number of nitrogens with zero attached hydrogens (tertiary/aromatic N) is 1. The van der Waals surface area contributed by atoms with Gasteiger partial charge in [-0.3, -0.25) is 9.69 Å². The Bertz CT molecular complexity index is 343. The monoisotopic (exact) mass is 280 g/mol. The fourth-order valence-electron chi connectivity index (χ4n) is 3.98. The quantitative estimate of drug-likeness (QED) is 0.805. The van der Waals surface area contributed by atoms with Gasteiger partial charge in [-0.15, -0.1) is 0 Å². The Morgan fingerprint density at radius 1 is 1.10 bits per heavy atom. The van der Waals surface area contributed by atoms with Gasteiger partial charge in [-0.2, -0.15) is 0 Å². The minimum Gasteiger partial charge on any atom is -0.393 e. The fraction of sp³-hybridized carbons (Fsp3) is 0.938. The molecular weight excluding hydrogens is 252 g/mol. The van der Waals surface area contributed by atoms with E-state index in [0.29, 0.717) is 24.4 Å². The Kier molecular flexibility index (Phi) is 4.61. The van der Waals surface area contributed by atoms with Crippen LogP contribution in [0.15, 0.2) is 0 Å². The lowest BCUT2D eigenvalue weighted by Crippen LogP contribution is -2.43. The van der Waals surface area contributed by atoms with E-state index in [0.717, 1.165) is 38.8 Å². The van der Waals surface area contributed by atoms with Crippen molar-refractivity contribution in [2.45, 2.75) is 76.0 Å². The van der Waals surface area contributed by atoms with Crippen molar-refractivity contribution < 1.29 is 9.90 Å². The first-order valence-electron chi connectivity index (χ1n) is 8.45. The second kappa shape index (κ2) is 6.44. The van der Waals surface area contributed by atoms with Gasteiger partial charge in [-0.05, 0) is 45.1 Å². The van der Waals surface area contributed by atoms with Crippen LogP contribution < -0.4 is 5.32 Å². The van der Waals surface area contributed by atoms with E-state index in [-0.39, 0.29) is 12.0 Å². The first kappa shape index (κ1) is 14.3. The van der Waals surface area contributed by atoms with Crippen LogP contribution in [-0.4, -0.2) is 47.2 Å². The minimum absolute atomic E-state index is 0.116. The molecule has 0 spiro atoms. The van der Waals surface area contributed by atoms with Gasteiger partial charge >= 0.3 is 0 Å². The highest BCUT2D eigenvalue weighted by molar-refractivity contribution is 5.76. The third kappa shape index (κ3) is 3.53. The highest BCUT2D eigenvalue weighted by Crippen LogP contribution is 2.34. The number of aliphatic hydroxyl groups excluding tert-OH is 1. The normalized spacial score (nSPS) is 35.1. The zero-order valence-electron chi connectivity index (χ0n) is 12.4. The molecule has 3 unspecified atom stereocenters. The van der Waals surface area contributed by atoms with Gasteiger partial charge in [0.05, 0.1) is 6.10 Å². The fourth-order valence-corrected chi connectivity index (χ4v) is 3.98. The Morgan fingerprint density at radius 3 is 2.65 bits per heavy atom. The van der Waals surface area contributed by atoms with E-state index < -0.39 is 0 Å². The Balaban J connectivity index is 1.48. The van der Waals surface area contributed by atoms with Crippen molar-refractivity contribution in [2.24, 2.45) is 5.92 Å². The van der Waals surface area contributed by atoms with Gasteiger partial charge in [0.1, 0.15) is 0 Å². The maximum absolute atomic E-state index is 11.8. The zero-order chi connectivity index (χ0) is 13.9. The molecule has 1 saturated heterocycles. The highest BCUT2D eigenvalue weighted by Gasteiger charge is 2.36. The average Bonchev–Trinajstić information content (AvgIpc) is 3.13. The molecule has 3 fully saturated rings. The molecule has 0 radical (unpaired) electrons. The smallest absolute Gasteiger partial charge is 0.221 e. The molecule has 4 heteroatoms. The van der Waals surface area contributed by atoms with E-state index in [2.05, 4.69) is 10.2 Å². The SMILES string of the molecule is O=C(CCN1CCCC1C1CCCCC1O)NC1CC1. The predicted octanol–water partition coefficient (Wildman–Crippen LogP) is 1.67. The number of rotatable bonds is 5. The number of hydrogen-bond donors (Lipinski definition) is 2. The van der Waals surface area contributed by atoms with E-state index in [4.69, 9.17) is 0 Å². The number of hydrogen-bond acceptors (Lipinski definition) is 3. The summed E-state index contributed by atoms with van der Waals surface area (Å²) in [6.07, 6.45) is 9.81. The van der Waals surface area contributed by atoms with Gasteiger partial charge in [0.2, 0.25) is 5.91 Å². The predicted molar refractivity (Wildman–Crippen MR) is 78.3 cm³/mol.